The summed E-state index contributed by atoms with van der Waals surface area (Å²) in [6.07, 6.45) is -3.35. The highest BCUT2D eigenvalue weighted by molar-refractivity contribution is 5.85. The van der Waals surface area contributed by atoms with Gasteiger partial charge >= 0.3 is 0 Å². The van der Waals surface area contributed by atoms with Crippen LogP contribution < -0.4 is 0 Å². The van der Waals surface area contributed by atoms with Gasteiger partial charge in [0.25, 0.3) is 0 Å². The summed E-state index contributed by atoms with van der Waals surface area (Å²) < 4.78 is 17.0. The molecule has 0 amide bonds. The fourth-order valence-corrected chi connectivity index (χ4v) is 3.22. The largest absolute Gasteiger partial charge is 0.382 e. The summed E-state index contributed by atoms with van der Waals surface area (Å²) in [7, 11) is 0. The van der Waals surface area contributed by atoms with Gasteiger partial charge in [0.15, 0.2) is 12.1 Å². The normalized spacial score (nSPS) is 13.7. The highest BCUT2D eigenvalue weighted by Crippen LogP contribution is 2.15. The predicted octanol–water partition coefficient (Wildman–Crippen LogP) is 3.50. The fraction of sp³-hybridized carbons (Fsp3) is 0.259. The third-order valence-corrected chi connectivity index (χ3v) is 5.03. The molecule has 0 aliphatic carbocycles. The lowest BCUT2D eigenvalue weighted by atomic mass is 10.0. The van der Waals surface area contributed by atoms with E-state index in [0.29, 0.717) is 6.29 Å². The van der Waals surface area contributed by atoms with Crippen molar-refractivity contribution in [2.75, 3.05) is 6.61 Å². The summed E-state index contributed by atoms with van der Waals surface area (Å²) in [4.78, 5) is 24.5. The van der Waals surface area contributed by atoms with Crippen LogP contribution in [-0.4, -0.2) is 42.1 Å². The Hall–Kier alpha value is -3.16. The molecular weight excluding hydrogens is 420 g/mol. The second kappa shape index (κ2) is 13.4. The number of Topliss-reactive ketones (excluding diaryl/α,β-unsaturated/α-hetero) is 1. The first-order chi connectivity index (χ1) is 16.2. The average molecular weight is 449 g/mol. The number of carbonyl (C=O) groups excluding carboxylic acids is 2. The van der Waals surface area contributed by atoms with Gasteiger partial charge in [0.05, 0.1) is 19.8 Å². The Bertz CT molecular complexity index is 962. The molecule has 6 nitrogen and oxygen atoms in total. The molecule has 33 heavy (non-hydrogen) atoms. The Kier molecular flexibility index (Phi) is 9.94. The van der Waals surface area contributed by atoms with Crippen LogP contribution in [0.2, 0.25) is 0 Å². The number of carbonyl (C=O) groups is 2. The van der Waals surface area contributed by atoms with Crippen LogP contribution in [0.4, 0.5) is 0 Å². The minimum absolute atomic E-state index is 0.111. The zero-order valence-corrected chi connectivity index (χ0v) is 18.3. The molecule has 0 saturated carbocycles. The number of aliphatic hydroxyl groups is 1. The maximum atomic E-state index is 12.7. The van der Waals surface area contributed by atoms with Crippen LogP contribution >= 0.6 is 0 Å². The number of hydrogen-bond donors (Lipinski definition) is 1. The van der Waals surface area contributed by atoms with Gasteiger partial charge in [0, 0.05) is 0 Å². The molecule has 0 radical (unpaired) electrons. The van der Waals surface area contributed by atoms with E-state index in [9.17, 15) is 14.7 Å². The quantitative estimate of drug-likeness (QED) is 0.380. The lowest BCUT2D eigenvalue weighted by molar-refractivity contribution is -0.161. The number of aliphatic hydroxyl groups excluding tert-OH is 1. The van der Waals surface area contributed by atoms with Gasteiger partial charge in [-0.15, -0.1) is 0 Å². The van der Waals surface area contributed by atoms with Gasteiger partial charge in [-0.25, -0.2) is 0 Å². The molecular formula is C27H28O6. The summed E-state index contributed by atoms with van der Waals surface area (Å²) in [5.41, 5.74) is 2.61. The number of hydrogen-bond acceptors (Lipinski definition) is 6. The van der Waals surface area contributed by atoms with E-state index in [1.165, 1.54) is 0 Å². The van der Waals surface area contributed by atoms with Crippen molar-refractivity contribution in [2.24, 2.45) is 0 Å². The highest BCUT2D eigenvalue weighted by Gasteiger charge is 2.34. The Morgan fingerprint density at radius 3 is 1.67 bits per heavy atom. The topological polar surface area (TPSA) is 82.1 Å². The van der Waals surface area contributed by atoms with Crippen LogP contribution in [-0.2, 0) is 43.6 Å². The van der Waals surface area contributed by atoms with Crippen LogP contribution in [0.25, 0.3) is 0 Å². The van der Waals surface area contributed by atoms with Gasteiger partial charge in [-0.05, 0) is 16.7 Å². The smallest absolute Gasteiger partial charge is 0.189 e. The van der Waals surface area contributed by atoms with Gasteiger partial charge in [-0.2, -0.15) is 0 Å². The van der Waals surface area contributed by atoms with Crippen molar-refractivity contribution < 1.29 is 28.9 Å². The minimum atomic E-state index is -1.59. The molecule has 0 saturated heterocycles. The van der Waals surface area contributed by atoms with Crippen molar-refractivity contribution in [3.05, 3.63) is 108 Å². The minimum Gasteiger partial charge on any atom is -0.382 e. The maximum Gasteiger partial charge on any atom is 0.189 e. The third kappa shape index (κ3) is 8.04. The third-order valence-electron chi connectivity index (χ3n) is 5.03. The maximum absolute atomic E-state index is 12.7. The second-order valence-electron chi connectivity index (χ2n) is 7.55. The highest BCUT2D eigenvalue weighted by atomic mass is 16.6. The first-order valence-corrected chi connectivity index (χ1v) is 10.8. The summed E-state index contributed by atoms with van der Waals surface area (Å²) in [6.45, 7) is 0.169. The average Bonchev–Trinajstić information content (AvgIpc) is 2.87. The Labute approximate surface area is 193 Å². The van der Waals surface area contributed by atoms with Crippen molar-refractivity contribution >= 4 is 12.1 Å². The van der Waals surface area contributed by atoms with Crippen molar-refractivity contribution in [2.45, 2.75) is 38.1 Å². The first kappa shape index (κ1) is 24.5. The van der Waals surface area contributed by atoms with Crippen LogP contribution in [0.5, 0.6) is 0 Å². The van der Waals surface area contributed by atoms with Gasteiger partial charge in [-0.1, -0.05) is 91.0 Å². The Morgan fingerprint density at radius 1 is 0.727 bits per heavy atom. The van der Waals surface area contributed by atoms with Crippen LogP contribution in [0.1, 0.15) is 16.7 Å². The standard InChI is InChI=1S/C27H28O6/c28-16-25(32-18-22-12-6-2-7-13-22)27(33-19-23-14-8-3-9-15-23)26(30)24(29)20-31-17-21-10-4-1-5-11-21/h1-16,25-27,30H,17-20H2/t25-,26+,27+/m0/s1. The molecule has 172 valence electrons. The van der Waals surface area contributed by atoms with Crippen LogP contribution in [0.3, 0.4) is 0 Å². The van der Waals surface area contributed by atoms with E-state index in [1.807, 2.05) is 91.0 Å². The van der Waals surface area contributed by atoms with E-state index >= 15 is 0 Å². The molecule has 0 heterocycles. The van der Waals surface area contributed by atoms with Gasteiger partial charge < -0.3 is 24.1 Å². The van der Waals surface area contributed by atoms with Crippen LogP contribution in [0, 0.1) is 0 Å². The Morgan fingerprint density at radius 2 is 1.18 bits per heavy atom. The molecule has 0 spiro atoms. The SMILES string of the molecule is O=C[C@H](OCc1ccccc1)[C@@H](OCc1ccccc1)[C@H](O)C(=O)COCc1ccccc1. The lowest BCUT2D eigenvalue weighted by Crippen LogP contribution is -2.47. The van der Waals surface area contributed by atoms with Crippen LogP contribution in [0.15, 0.2) is 91.0 Å². The van der Waals surface area contributed by atoms with Gasteiger partial charge in [-0.3, -0.25) is 4.79 Å². The van der Waals surface area contributed by atoms with E-state index in [2.05, 4.69) is 0 Å². The summed E-state index contributed by atoms with van der Waals surface area (Å²) in [5, 5.41) is 10.8. The van der Waals surface area contributed by atoms with Crippen molar-refractivity contribution in [1.29, 1.82) is 0 Å². The molecule has 3 rings (SSSR count). The molecule has 0 aliphatic rings. The molecule has 6 heteroatoms. The second-order valence-corrected chi connectivity index (χ2v) is 7.55. The molecule has 0 aliphatic heterocycles. The summed E-state index contributed by atoms with van der Waals surface area (Å²) >= 11 is 0. The molecule has 3 aromatic carbocycles. The Balaban J connectivity index is 1.64. The van der Waals surface area contributed by atoms with Crippen molar-refractivity contribution in [3.63, 3.8) is 0 Å². The number of aldehydes is 1. The molecule has 0 unspecified atom stereocenters. The molecule has 1 N–H and O–H groups in total. The van der Waals surface area contributed by atoms with E-state index in [1.54, 1.807) is 0 Å². The van der Waals surface area contributed by atoms with Crippen molar-refractivity contribution in [3.8, 4) is 0 Å². The van der Waals surface area contributed by atoms with Gasteiger partial charge in [0.1, 0.15) is 24.9 Å². The van der Waals surface area contributed by atoms with E-state index in [0.717, 1.165) is 16.7 Å². The lowest BCUT2D eigenvalue weighted by Gasteiger charge is -2.27. The number of benzene rings is 3. The van der Waals surface area contributed by atoms with Crippen molar-refractivity contribution in [1.82, 2.24) is 0 Å². The van der Waals surface area contributed by atoms with E-state index in [4.69, 9.17) is 14.2 Å². The molecule has 3 atom stereocenters. The molecule has 3 aromatic rings. The van der Waals surface area contributed by atoms with E-state index < -0.39 is 24.1 Å². The van der Waals surface area contributed by atoms with E-state index in [-0.39, 0.29) is 26.4 Å². The zero-order chi connectivity index (χ0) is 23.3. The summed E-state index contributed by atoms with van der Waals surface area (Å²) in [6, 6.07) is 28.0. The molecule has 0 bridgehead atoms. The molecule has 0 aromatic heterocycles. The monoisotopic (exact) mass is 448 g/mol. The molecule has 0 fully saturated rings. The number of ether oxygens (including phenoxy) is 3. The zero-order valence-electron chi connectivity index (χ0n) is 18.3. The fourth-order valence-electron chi connectivity index (χ4n) is 3.22. The first-order valence-electron chi connectivity index (χ1n) is 10.8. The number of rotatable bonds is 14. The van der Waals surface area contributed by atoms with Gasteiger partial charge in [0.2, 0.25) is 0 Å². The summed E-state index contributed by atoms with van der Waals surface area (Å²) in [5.74, 6) is -0.584. The number of ketones is 1. The predicted molar refractivity (Wildman–Crippen MR) is 123 cm³/mol.